The van der Waals surface area contributed by atoms with Gasteiger partial charge in [0, 0.05) is 24.9 Å². The van der Waals surface area contributed by atoms with E-state index in [9.17, 15) is 17.2 Å². The van der Waals surface area contributed by atoms with Crippen LogP contribution in [0.1, 0.15) is 18.1 Å². The molecule has 152 valence electrons. The molecule has 0 radical (unpaired) electrons. The molecular formula is C19H23F2N3O3S. The lowest BCUT2D eigenvalue weighted by atomic mass is 10.2. The number of sulfone groups is 1. The molecule has 0 atom stereocenters. The summed E-state index contributed by atoms with van der Waals surface area (Å²) in [5.74, 6) is 0.610. The van der Waals surface area contributed by atoms with Crippen molar-refractivity contribution in [2.75, 3.05) is 12.8 Å². The summed E-state index contributed by atoms with van der Waals surface area (Å²) in [6.07, 6.45) is 1.16. The maximum absolute atomic E-state index is 12.5. The number of nitrogens with one attached hydrogen (secondary N) is 2. The maximum Gasteiger partial charge on any atom is 0.387 e. The van der Waals surface area contributed by atoms with Crippen LogP contribution in [-0.2, 0) is 22.9 Å². The maximum atomic E-state index is 12.5. The molecule has 0 amide bonds. The molecule has 6 nitrogen and oxygen atoms in total. The van der Waals surface area contributed by atoms with Crippen molar-refractivity contribution in [3.8, 4) is 5.75 Å². The van der Waals surface area contributed by atoms with Crippen LogP contribution in [0.2, 0.25) is 0 Å². The van der Waals surface area contributed by atoms with E-state index in [1.807, 2.05) is 6.92 Å². The highest BCUT2D eigenvalue weighted by molar-refractivity contribution is 7.90. The van der Waals surface area contributed by atoms with Crippen LogP contribution in [0.5, 0.6) is 5.75 Å². The van der Waals surface area contributed by atoms with Gasteiger partial charge in [0.25, 0.3) is 0 Å². The Bertz CT molecular complexity index is 901. The fourth-order valence-corrected chi connectivity index (χ4v) is 3.02. The lowest BCUT2D eigenvalue weighted by Crippen LogP contribution is -2.36. The molecule has 2 N–H and O–H groups in total. The van der Waals surface area contributed by atoms with E-state index in [0.29, 0.717) is 24.6 Å². The van der Waals surface area contributed by atoms with Gasteiger partial charge in [-0.1, -0.05) is 30.3 Å². The molecule has 0 bridgehead atoms. The molecule has 0 aliphatic carbocycles. The van der Waals surface area contributed by atoms with E-state index in [-0.39, 0.29) is 17.2 Å². The predicted octanol–water partition coefficient (Wildman–Crippen LogP) is 2.95. The molecule has 0 aliphatic rings. The van der Waals surface area contributed by atoms with E-state index in [2.05, 4.69) is 20.4 Å². The molecule has 9 heteroatoms. The Kier molecular flexibility index (Phi) is 7.74. The second kappa shape index (κ2) is 10.0. The zero-order chi connectivity index (χ0) is 20.6. The minimum absolute atomic E-state index is 0.109. The highest BCUT2D eigenvalue weighted by Gasteiger charge is 2.10. The zero-order valence-electron chi connectivity index (χ0n) is 15.7. The van der Waals surface area contributed by atoms with Crippen molar-refractivity contribution in [1.29, 1.82) is 0 Å². The first-order valence-corrected chi connectivity index (χ1v) is 10.5. The zero-order valence-corrected chi connectivity index (χ0v) is 16.5. The first kappa shape index (κ1) is 21.6. The third-order valence-corrected chi connectivity index (χ3v) is 4.88. The van der Waals surface area contributed by atoms with Crippen LogP contribution in [0, 0.1) is 0 Å². The Balaban J connectivity index is 2.05. The van der Waals surface area contributed by atoms with E-state index in [1.165, 1.54) is 6.07 Å². The van der Waals surface area contributed by atoms with E-state index in [4.69, 9.17) is 0 Å². The summed E-state index contributed by atoms with van der Waals surface area (Å²) in [4.78, 5) is 4.69. The van der Waals surface area contributed by atoms with Gasteiger partial charge < -0.3 is 15.4 Å². The first-order chi connectivity index (χ1) is 13.3. The second-order valence-electron chi connectivity index (χ2n) is 5.95. The average Bonchev–Trinajstić information content (AvgIpc) is 2.64. The standard InChI is InChI=1S/C19H23F2N3O3S/c1-3-22-19(23-12-14-8-10-16(11-9-14)28(2,25)26)24-13-15-6-4-5-7-17(15)27-18(20)21/h4-11,18H,3,12-13H2,1-2H3,(H2,22,23,24). The number of guanidine groups is 1. The van der Waals surface area contributed by atoms with Crippen LogP contribution in [0.3, 0.4) is 0 Å². The minimum Gasteiger partial charge on any atom is -0.434 e. The molecule has 0 unspecified atom stereocenters. The summed E-state index contributed by atoms with van der Waals surface area (Å²) in [6, 6.07) is 13.0. The van der Waals surface area contributed by atoms with Crippen molar-refractivity contribution in [2.45, 2.75) is 31.5 Å². The monoisotopic (exact) mass is 411 g/mol. The van der Waals surface area contributed by atoms with Crippen molar-refractivity contribution in [3.63, 3.8) is 0 Å². The van der Waals surface area contributed by atoms with Crippen molar-refractivity contribution in [2.24, 2.45) is 4.99 Å². The second-order valence-corrected chi connectivity index (χ2v) is 7.97. The Morgan fingerprint density at radius 2 is 1.79 bits per heavy atom. The number of alkyl halides is 2. The summed E-state index contributed by atoms with van der Waals surface area (Å²) in [5.41, 5.74) is 1.41. The number of para-hydroxylation sites is 1. The SMILES string of the molecule is CCNC(=NCc1ccc(S(C)(=O)=O)cc1)NCc1ccccc1OC(F)F. The van der Waals surface area contributed by atoms with E-state index >= 15 is 0 Å². The lowest BCUT2D eigenvalue weighted by Gasteiger charge is -2.14. The molecular weight excluding hydrogens is 388 g/mol. The van der Waals surface area contributed by atoms with Gasteiger partial charge in [0.1, 0.15) is 5.75 Å². The molecule has 0 heterocycles. The first-order valence-electron chi connectivity index (χ1n) is 8.63. The third kappa shape index (κ3) is 6.80. The van der Waals surface area contributed by atoms with Gasteiger partial charge in [-0.15, -0.1) is 0 Å². The summed E-state index contributed by atoms with van der Waals surface area (Å²) < 4.78 is 52.6. The highest BCUT2D eigenvalue weighted by Crippen LogP contribution is 2.20. The number of hydrogen-bond donors (Lipinski definition) is 2. The molecule has 0 aliphatic heterocycles. The van der Waals surface area contributed by atoms with Crippen molar-refractivity contribution < 1.29 is 21.9 Å². The molecule has 28 heavy (non-hydrogen) atoms. The van der Waals surface area contributed by atoms with Crippen LogP contribution in [0.25, 0.3) is 0 Å². The summed E-state index contributed by atoms with van der Waals surface area (Å²) in [7, 11) is -3.24. The third-order valence-electron chi connectivity index (χ3n) is 3.75. The fraction of sp³-hybridized carbons (Fsp3) is 0.316. The molecule has 2 rings (SSSR count). The van der Waals surface area contributed by atoms with Gasteiger partial charge in [-0.05, 0) is 30.7 Å². The minimum atomic E-state index is -3.24. The van der Waals surface area contributed by atoms with Crippen molar-refractivity contribution in [3.05, 3.63) is 59.7 Å². The number of nitrogens with zero attached hydrogens (tertiary/aromatic N) is 1. The van der Waals surface area contributed by atoms with E-state index in [0.717, 1.165) is 11.8 Å². The predicted molar refractivity (Wildman–Crippen MR) is 104 cm³/mol. The molecule has 2 aromatic carbocycles. The summed E-state index contributed by atoms with van der Waals surface area (Å²) in [6.45, 7) is 0.217. The number of rotatable bonds is 8. The normalized spacial score (nSPS) is 12.1. The van der Waals surface area contributed by atoms with E-state index in [1.54, 1.807) is 42.5 Å². The summed E-state index contributed by atoms with van der Waals surface area (Å²) >= 11 is 0. The number of aliphatic imine (C=N–C) groups is 1. The molecule has 0 fully saturated rings. The van der Waals surface area contributed by atoms with Gasteiger partial charge >= 0.3 is 6.61 Å². The average molecular weight is 411 g/mol. The fourth-order valence-electron chi connectivity index (χ4n) is 2.39. The Hall–Kier alpha value is -2.68. The van der Waals surface area contributed by atoms with Crippen LogP contribution in [-0.4, -0.2) is 33.8 Å². The number of ether oxygens (including phenoxy) is 1. The van der Waals surface area contributed by atoms with Gasteiger partial charge in [0.2, 0.25) is 0 Å². The smallest absolute Gasteiger partial charge is 0.387 e. The van der Waals surface area contributed by atoms with Crippen LogP contribution in [0.15, 0.2) is 58.4 Å². The van der Waals surface area contributed by atoms with Gasteiger partial charge in [-0.2, -0.15) is 8.78 Å². The quantitative estimate of drug-likeness (QED) is 0.516. The number of benzene rings is 2. The molecule has 2 aromatic rings. The van der Waals surface area contributed by atoms with Crippen LogP contribution < -0.4 is 15.4 Å². The largest absolute Gasteiger partial charge is 0.434 e. The lowest BCUT2D eigenvalue weighted by molar-refractivity contribution is -0.0504. The molecule has 0 saturated carbocycles. The van der Waals surface area contributed by atoms with Gasteiger partial charge in [0.05, 0.1) is 11.4 Å². The Morgan fingerprint density at radius 3 is 2.39 bits per heavy atom. The van der Waals surface area contributed by atoms with Crippen LogP contribution in [0.4, 0.5) is 8.78 Å². The van der Waals surface area contributed by atoms with E-state index < -0.39 is 16.4 Å². The Labute approximate surface area is 163 Å². The van der Waals surface area contributed by atoms with Gasteiger partial charge in [-0.25, -0.2) is 13.4 Å². The number of halogens is 2. The van der Waals surface area contributed by atoms with Gasteiger partial charge in [0.15, 0.2) is 15.8 Å². The van der Waals surface area contributed by atoms with Gasteiger partial charge in [-0.3, -0.25) is 0 Å². The Morgan fingerprint density at radius 1 is 1.11 bits per heavy atom. The summed E-state index contributed by atoms with van der Waals surface area (Å²) in [5, 5.41) is 6.15. The highest BCUT2D eigenvalue weighted by atomic mass is 32.2. The molecule has 0 aromatic heterocycles. The van der Waals surface area contributed by atoms with Crippen LogP contribution >= 0.6 is 0 Å². The van der Waals surface area contributed by atoms with Crippen molar-refractivity contribution >= 4 is 15.8 Å². The molecule has 0 spiro atoms. The molecule has 0 saturated heterocycles. The van der Waals surface area contributed by atoms with Crippen molar-refractivity contribution in [1.82, 2.24) is 10.6 Å². The number of hydrogen-bond acceptors (Lipinski definition) is 4. The topological polar surface area (TPSA) is 79.8 Å².